The Morgan fingerprint density at radius 1 is 1.28 bits per heavy atom. The van der Waals surface area contributed by atoms with Crippen molar-refractivity contribution in [1.82, 2.24) is 5.32 Å². The lowest BCUT2D eigenvalue weighted by molar-refractivity contribution is 0.124. The molecule has 1 aliphatic carbocycles. The van der Waals surface area contributed by atoms with Gasteiger partial charge < -0.3 is 11.1 Å². The first kappa shape index (κ1) is 13.6. The summed E-state index contributed by atoms with van der Waals surface area (Å²) in [6.45, 7) is 5.20. The molecule has 0 saturated heterocycles. The van der Waals surface area contributed by atoms with Gasteiger partial charge in [0.15, 0.2) is 0 Å². The van der Waals surface area contributed by atoms with Gasteiger partial charge in [0.25, 0.3) is 0 Å². The van der Waals surface area contributed by atoms with E-state index in [2.05, 4.69) is 42.6 Å². The van der Waals surface area contributed by atoms with E-state index in [0.717, 1.165) is 19.6 Å². The Morgan fingerprint density at radius 2 is 2.00 bits per heavy atom. The lowest BCUT2D eigenvalue weighted by Gasteiger charge is -2.41. The summed E-state index contributed by atoms with van der Waals surface area (Å²) in [7, 11) is 0. The van der Waals surface area contributed by atoms with Crippen LogP contribution in [0, 0.1) is 5.41 Å². The normalized spacial score (nSPS) is 19.2. The minimum Gasteiger partial charge on any atom is -0.330 e. The van der Waals surface area contributed by atoms with Gasteiger partial charge in [-0.25, -0.2) is 0 Å². The summed E-state index contributed by atoms with van der Waals surface area (Å²) in [6.07, 6.45) is 5.51. The average molecular weight is 246 g/mol. The fourth-order valence-corrected chi connectivity index (χ4v) is 2.91. The molecule has 0 heterocycles. The molecular formula is C16H26N2. The van der Waals surface area contributed by atoms with Gasteiger partial charge in [-0.05, 0) is 30.2 Å². The molecule has 1 aromatic carbocycles. The molecule has 0 bridgehead atoms. The third-order valence-corrected chi connectivity index (χ3v) is 4.61. The molecule has 1 aliphatic rings. The summed E-state index contributed by atoms with van der Waals surface area (Å²) >= 11 is 0. The number of nitrogens with one attached hydrogen (secondary N) is 1. The van der Waals surface area contributed by atoms with Crippen molar-refractivity contribution in [3.63, 3.8) is 0 Å². The third kappa shape index (κ3) is 3.12. The summed E-state index contributed by atoms with van der Waals surface area (Å²) in [5.41, 5.74) is 7.84. The van der Waals surface area contributed by atoms with Crippen molar-refractivity contribution >= 4 is 0 Å². The van der Waals surface area contributed by atoms with Crippen molar-refractivity contribution in [3.05, 3.63) is 35.9 Å². The van der Waals surface area contributed by atoms with Crippen LogP contribution < -0.4 is 11.1 Å². The molecule has 1 fully saturated rings. The van der Waals surface area contributed by atoms with Crippen molar-refractivity contribution < 1.29 is 0 Å². The Kier molecular flexibility index (Phi) is 4.79. The molecule has 1 aromatic rings. The van der Waals surface area contributed by atoms with E-state index in [1.807, 2.05) is 0 Å². The molecule has 1 saturated carbocycles. The Bertz CT molecular complexity index is 338. The van der Waals surface area contributed by atoms with Crippen LogP contribution in [0.2, 0.25) is 0 Å². The van der Waals surface area contributed by atoms with Crippen LogP contribution in [0.5, 0.6) is 0 Å². The van der Waals surface area contributed by atoms with Crippen LogP contribution in [0.15, 0.2) is 30.3 Å². The number of rotatable bonds is 7. The van der Waals surface area contributed by atoms with Gasteiger partial charge >= 0.3 is 0 Å². The number of nitrogens with two attached hydrogens (primary N) is 1. The zero-order valence-electron chi connectivity index (χ0n) is 11.5. The van der Waals surface area contributed by atoms with E-state index in [-0.39, 0.29) is 0 Å². The predicted octanol–water partition coefficient (Wildman–Crippen LogP) is 2.90. The van der Waals surface area contributed by atoms with Gasteiger partial charge in [0.05, 0.1) is 0 Å². The summed E-state index contributed by atoms with van der Waals surface area (Å²) < 4.78 is 0. The zero-order valence-corrected chi connectivity index (χ0v) is 11.5. The first-order valence-corrected chi connectivity index (χ1v) is 7.25. The Hall–Kier alpha value is -0.860. The highest BCUT2D eigenvalue weighted by molar-refractivity contribution is 5.20. The molecule has 2 rings (SSSR count). The van der Waals surface area contributed by atoms with E-state index < -0.39 is 0 Å². The van der Waals surface area contributed by atoms with Crippen molar-refractivity contribution in [2.75, 3.05) is 19.6 Å². The Balaban J connectivity index is 1.81. The third-order valence-electron chi connectivity index (χ3n) is 4.61. The van der Waals surface area contributed by atoms with Crippen LogP contribution in [-0.4, -0.2) is 19.6 Å². The Labute approximate surface area is 111 Å². The monoisotopic (exact) mass is 246 g/mol. The first-order chi connectivity index (χ1) is 8.79. The SMILES string of the molecule is CCC1(CNCC(CN)c2ccccc2)CCC1. The van der Waals surface area contributed by atoms with Crippen LogP contribution in [0.25, 0.3) is 0 Å². The summed E-state index contributed by atoms with van der Waals surface area (Å²) in [5.74, 6) is 0.445. The maximum atomic E-state index is 5.89. The standard InChI is InChI=1S/C16H26N2/c1-2-16(9-6-10-16)13-18-12-15(11-17)14-7-4-3-5-8-14/h3-5,7-8,15,18H,2,6,9-13,17H2,1H3. The van der Waals surface area contributed by atoms with Gasteiger partial charge in [0, 0.05) is 25.6 Å². The molecule has 0 aliphatic heterocycles. The minimum absolute atomic E-state index is 0.445. The van der Waals surface area contributed by atoms with Gasteiger partial charge in [-0.3, -0.25) is 0 Å². The van der Waals surface area contributed by atoms with E-state index in [1.165, 1.54) is 31.2 Å². The van der Waals surface area contributed by atoms with Crippen LogP contribution >= 0.6 is 0 Å². The second-order valence-electron chi connectivity index (χ2n) is 5.68. The molecule has 0 spiro atoms. The highest BCUT2D eigenvalue weighted by atomic mass is 14.9. The molecule has 1 atom stereocenters. The predicted molar refractivity (Wildman–Crippen MR) is 77.7 cm³/mol. The number of hydrogen-bond acceptors (Lipinski definition) is 2. The molecule has 0 amide bonds. The second-order valence-corrected chi connectivity index (χ2v) is 5.68. The number of benzene rings is 1. The van der Waals surface area contributed by atoms with E-state index in [0.29, 0.717) is 11.3 Å². The Morgan fingerprint density at radius 3 is 2.50 bits per heavy atom. The molecule has 0 aromatic heterocycles. The highest BCUT2D eigenvalue weighted by Gasteiger charge is 2.34. The molecule has 0 radical (unpaired) electrons. The van der Waals surface area contributed by atoms with Gasteiger partial charge in [0.1, 0.15) is 0 Å². The van der Waals surface area contributed by atoms with Crippen molar-refractivity contribution in [3.8, 4) is 0 Å². The van der Waals surface area contributed by atoms with Crippen molar-refractivity contribution in [1.29, 1.82) is 0 Å². The molecule has 100 valence electrons. The lowest BCUT2D eigenvalue weighted by atomic mass is 9.67. The van der Waals surface area contributed by atoms with Gasteiger partial charge in [-0.15, -0.1) is 0 Å². The molecule has 2 nitrogen and oxygen atoms in total. The first-order valence-electron chi connectivity index (χ1n) is 7.25. The van der Waals surface area contributed by atoms with E-state index >= 15 is 0 Å². The molecule has 2 heteroatoms. The molecule has 3 N–H and O–H groups in total. The van der Waals surface area contributed by atoms with Crippen LogP contribution in [0.4, 0.5) is 0 Å². The minimum atomic E-state index is 0.445. The maximum absolute atomic E-state index is 5.89. The van der Waals surface area contributed by atoms with Gasteiger partial charge in [0.2, 0.25) is 0 Å². The van der Waals surface area contributed by atoms with E-state index in [1.54, 1.807) is 0 Å². The van der Waals surface area contributed by atoms with E-state index in [9.17, 15) is 0 Å². The number of hydrogen-bond donors (Lipinski definition) is 2. The zero-order chi connectivity index (χ0) is 12.8. The van der Waals surface area contributed by atoms with Crippen molar-refractivity contribution in [2.24, 2.45) is 11.1 Å². The fraction of sp³-hybridized carbons (Fsp3) is 0.625. The maximum Gasteiger partial charge on any atom is 0.00863 e. The topological polar surface area (TPSA) is 38.0 Å². The quantitative estimate of drug-likeness (QED) is 0.776. The molecular weight excluding hydrogens is 220 g/mol. The second kappa shape index (κ2) is 6.35. The molecule has 1 unspecified atom stereocenters. The van der Waals surface area contributed by atoms with Crippen LogP contribution in [0.3, 0.4) is 0 Å². The van der Waals surface area contributed by atoms with E-state index in [4.69, 9.17) is 5.73 Å². The van der Waals surface area contributed by atoms with Crippen LogP contribution in [-0.2, 0) is 0 Å². The average Bonchev–Trinajstić information content (AvgIpc) is 2.38. The molecule has 18 heavy (non-hydrogen) atoms. The summed E-state index contributed by atoms with van der Waals surface area (Å²) in [6, 6.07) is 10.6. The smallest absolute Gasteiger partial charge is 0.00863 e. The lowest BCUT2D eigenvalue weighted by Crippen LogP contribution is -2.41. The largest absolute Gasteiger partial charge is 0.330 e. The van der Waals surface area contributed by atoms with Gasteiger partial charge in [-0.1, -0.05) is 43.7 Å². The highest BCUT2D eigenvalue weighted by Crippen LogP contribution is 2.43. The summed E-state index contributed by atoms with van der Waals surface area (Å²) in [5, 5.41) is 3.65. The van der Waals surface area contributed by atoms with Gasteiger partial charge in [-0.2, -0.15) is 0 Å². The fourth-order valence-electron chi connectivity index (χ4n) is 2.91. The summed E-state index contributed by atoms with van der Waals surface area (Å²) in [4.78, 5) is 0. The van der Waals surface area contributed by atoms with Crippen LogP contribution in [0.1, 0.15) is 44.1 Å². The van der Waals surface area contributed by atoms with Crippen molar-refractivity contribution in [2.45, 2.75) is 38.5 Å².